The van der Waals surface area contributed by atoms with Crippen LogP contribution < -0.4 is 5.32 Å². The SMILES string of the molecule is Clc1cnc(C2=NCCCN2)c(Cl)c1. The van der Waals surface area contributed by atoms with Crippen LogP contribution in [-0.2, 0) is 0 Å². The van der Waals surface area contributed by atoms with Gasteiger partial charge in [0.2, 0.25) is 0 Å². The first-order valence-corrected chi connectivity index (χ1v) is 5.13. The van der Waals surface area contributed by atoms with Crippen LogP contribution in [0.2, 0.25) is 10.0 Å². The van der Waals surface area contributed by atoms with Gasteiger partial charge in [-0.3, -0.25) is 4.99 Å². The van der Waals surface area contributed by atoms with Crippen molar-refractivity contribution in [3.63, 3.8) is 0 Å². The number of nitrogens with one attached hydrogen (secondary N) is 1. The second-order valence-electron chi connectivity index (χ2n) is 2.99. The predicted octanol–water partition coefficient (Wildman–Crippen LogP) is 2.13. The van der Waals surface area contributed by atoms with Gasteiger partial charge in [0.15, 0.2) is 0 Å². The maximum Gasteiger partial charge on any atom is 0.148 e. The summed E-state index contributed by atoms with van der Waals surface area (Å²) in [7, 11) is 0. The number of rotatable bonds is 1. The van der Waals surface area contributed by atoms with Gasteiger partial charge in [-0.1, -0.05) is 23.2 Å². The van der Waals surface area contributed by atoms with Crippen LogP contribution in [0.15, 0.2) is 17.3 Å². The maximum atomic E-state index is 6.00. The zero-order valence-electron chi connectivity index (χ0n) is 7.43. The Labute approximate surface area is 92.2 Å². The quantitative estimate of drug-likeness (QED) is 0.802. The molecule has 0 amide bonds. The number of nitrogens with zero attached hydrogens (tertiary/aromatic N) is 2. The molecular formula is C9H9Cl2N3. The van der Waals surface area contributed by atoms with Gasteiger partial charge in [0, 0.05) is 19.3 Å². The lowest BCUT2D eigenvalue weighted by molar-refractivity contribution is 0.740. The molecule has 0 spiro atoms. The van der Waals surface area contributed by atoms with Gasteiger partial charge < -0.3 is 5.32 Å². The molecule has 2 heterocycles. The second kappa shape index (κ2) is 4.15. The summed E-state index contributed by atoms with van der Waals surface area (Å²) < 4.78 is 0. The molecule has 0 radical (unpaired) electrons. The van der Waals surface area contributed by atoms with E-state index in [1.165, 1.54) is 0 Å². The zero-order chi connectivity index (χ0) is 9.97. The number of hydrogen-bond donors (Lipinski definition) is 1. The summed E-state index contributed by atoms with van der Waals surface area (Å²) >= 11 is 11.7. The Balaban J connectivity index is 2.35. The largest absolute Gasteiger partial charge is 0.368 e. The van der Waals surface area contributed by atoms with Gasteiger partial charge in [-0.15, -0.1) is 0 Å². The molecule has 2 rings (SSSR count). The van der Waals surface area contributed by atoms with Crippen LogP contribution in [0.1, 0.15) is 12.1 Å². The highest BCUT2D eigenvalue weighted by atomic mass is 35.5. The van der Waals surface area contributed by atoms with E-state index in [0.717, 1.165) is 25.3 Å². The van der Waals surface area contributed by atoms with Gasteiger partial charge in [-0.25, -0.2) is 4.98 Å². The van der Waals surface area contributed by atoms with Gasteiger partial charge in [0.25, 0.3) is 0 Å². The van der Waals surface area contributed by atoms with Crippen LogP contribution in [0.4, 0.5) is 0 Å². The van der Waals surface area contributed by atoms with E-state index in [1.807, 2.05) is 0 Å². The first kappa shape index (κ1) is 9.74. The fourth-order valence-electron chi connectivity index (χ4n) is 1.28. The molecule has 0 saturated carbocycles. The molecule has 1 aliphatic heterocycles. The smallest absolute Gasteiger partial charge is 0.148 e. The van der Waals surface area contributed by atoms with E-state index in [9.17, 15) is 0 Å². The Morgan fingerprint density at radius 2 is 2.21 bits per heavy atom. The maximum absolute atomic E-state index is 6.00. The minimum Gasteiger partial charge on any atom is -0.368 e. The van der Waals surface area contributed by atoms with Gasteiger partial charge in [-0.2, -0.15) is 0 Å². The third-order valence-electron chi connectivity index (χ3n) is 1.93. The molecule has 0 atom stereocenters. The summed E-state index contributed by atoms with van der Waals surface area (Å²) in [5.74, 6) is 0.762. The van der Waals surface area contributed by atoms with E-state index in [-0.39, 0.29) is 0 Å². The molecule has 1 aromatic heterocycles. The topological polar surface area (TPSA) is 37.3 Å². The van der Waals surface area contributed by atoms with Crippen LogP contribution in [0.25, 0.3) is 0 Å². The van der Waals surface area contributed by atoms with E-state index in [2.05, 4.69) is 15.3 Å². The van der Waals surface area contributed by atoms with Gasteiger partial charge in [0.05, 0.1) is 10.0 Å². The average molecular weight is 230 g/mol. The number of hydrogen-bond acceptors (Lipinski definition) is 3. The van der Waals surface area contributed by atoms with Crippen LogP contribution in [-0.4, -0.2) is 23.9 Å². The summed E-state index contributed by atoms with van der Waals surface area (Å²) in [4.78, 5) is 8.45. The molecule has 0 aliphatic carbocycles. The Morgan fingerprint density at radius 1 is 1.36 bits per heavy atom. The summed E-state index contributed by atoms with van der Waals surface area (Å²) in [5.41, 5.74) is 0.677. The molecule has 5 heteroatoms. The first-order chi connectivity index (χ1) is 6.77. The summed E-state index contributed by atoms with van der Waals surface area (Å²) in [5, 5.41) is 4.23. The molecule has 0 aromatic carbocycles. The van der Waals surface area contributed by atoms with Gasteiger partial charge in [0.1, 0.15) is 11.5 Å². The van der Waals surface area contributed by atoms with E-state index in [0.29, 0.717) is 15.7 Å². The summed E-state index contributed by atoms with van der Waals surface area (Å²) in [6.45, 7) is 1.74. The highest BCUT2D eigenvalue weighted by Crippen LogP contribution is 2.19. The first-order valence-electron chi connectivity index (χ1n) is 4.37. The van der Waals surface area contributed by atoms with Crippen molar-refractivity contribution in [2.24, 2.45) is 4.99 Å². The molecule has 74 valence electrons. The van der Waals surface area contributed by atoms with E-state index in [4.69, 9.17) is 23.2 Å². The Bertz CT molecular complexity index is 376. The monoisotopic (exact) mass is 229 g/mol. The van der Waals surface area contributed by atoms with Gasteiger partial charge in [-0.05, 0) is 12.5 Å². The highest BCUT2D eigenvalue weighted by molar-refractivity contribution is 6.36. The van der Waals surface area contributed by atoms with Crippen molar-refractivity contribution in [2.45, 2.75) is 6.42 Å². The lowest BCUT2D eigenvalue weighted by Crippen LogP contribution is -2.31. The highest BCUT2D eigenvalue weighted by Gasteiger charge is 2.12. The van der Waals surface area contributed by atoms with Crippen molar-refractivity contribution in [3.05, 3.63) is 28.0 Å². The number of halogens is 2. The van der Waals surface area contributed by atoms with E-state index < -0.39 is 0 Å². The number of amidine groups is 1. The Morgan fingerprint density at radius 3 is 2.86 bits per heavy atom. The fraction of sp³-hybridized carbons (Fsp3) is 0.333. The third kappa shape index (κ3) is 1.99. The van der Waals surface area contributed by atoms with Crippen molar-refractivity contribution >= 4 is 29.0 Å². The fourth-order valence-corrected chi connectivity index (χ4v) is 1.75. The van der Waals surface area contributed by atoms with E-state index >= 15 is 0 Å². The van der Waals surface area contributed by atoms with E-state index in [1.54, 1.807) is 12.3 Å². The lowest BCUT2D eigenvalue weighted by Gasteiger charge is -2.14. The number of pyridine rings is 1. The van der Waals surface area contributed by atoms with Crippen LogP contribution >= 0.6 is 23.2 Å². The molecule has 0 unspecified atom stereocenters. The summed E-state index contributed by atoms with van der Waals surface area (Å²) in [6, 6.07) is 1.67. The van der Waals surface area contributed by atoms with Crippen LogP contribution in [0, 0.1) is 0 Å². The van der Waals surface area contributed by atoms with Crippen molar-refractivity contribution < 1.29 is 0 Å². The normalized spacial score (nSPS) is 16.0. The van der Waals surface area contributed by atoms with Crippen molar-refractivity contribution in [1.82, 2.24) is 10.3 Å². The Kier molecular flexibility index (Phi) is 2.89. The molecule has 14 heavy (non-hydrogen) atoms. The molecule has 1 N–H and O–H groups in total. The average Bonchev–Trinajstić information content (AvgIpc) is 2.19. The number of aliphatic imine (C=N–C) groups is 1. The van der Waals surface area contributed by atoms with Crippen LogP contribution in [0.5, 0.6) is 0 Å². The molecule has 0 fully saturated rings. The zero-order valence-corrected chi connectivity index (χ0v) is 8.94. The number of aromatic nitrogens is 1. The standard InChI is InChI=1S/C9H9Cl2N3/c10-6-4-7(11)8(14-5-6)9-12-2-1-3-13-9/h4-5H,1-3H2,(H,12,13). The predicted molar refractivity (Wildman–Crippen MR) is 58.3 cm³/mol. The minimum atomic E-state index is 0.533. The second-order valence-corrected chi connectivity index (χ2v) is 3.84. The molecule has 1 aromatic rings. The third-order valence-corrected chi connectivity index (χ3v) is 2.42. The Hall–Kier alpha value is -0.800. The lowest BCUT2D eigenvalue weighted by atomic mass is 10.3. The minimum absolute atomic E-state index is 0.533. The van der Waals surface area contributed by atoms with Gasteiger partial charge >= 0.3 is 0 Å². The summed E-state index contributed by atoms with van der Waals surface area (Å²) in [6.07, 6.45) is 2.62. The van der Waals surface area contributed by atoms with Crippen molar-refractivity contribution in [2.75, 3.05) is 13.1 Å². The molecular weight excluding hydrogens is 221 g/mol. The van der Waals surface area contributed by atoms with Crippen molar-refractivity contribution in [3.8, 4) is 0 Å². The van der Waals surface area contributed by atoms with Crippen molar-refractivity contribution in [1.29, 1.82) is 0 Å². The van der Waals surface area contributed by atoms with Crippen LogP contribution in [0.3, 0.4) is 0 Å². The molecule has 1 aliphatic rings. The molecule has 3 nitrogen and oxygen atoms in total. The molecule has 0 bridgehead atoms. The molecule has 0 saturated heterocycles.